The zero-order valence-corrected chi connectivity index (χ0v) is 36.4. The van der Waals surface area contributed by atoms with Crippen LogP contribution in [0.4, 0.5) is 0 Å². The van der Waals surface area contributed by atoms with Gasteiger partial charge in [0.15, 0.2) is 17.9 Å². The van der Waals surface area contributed by atoms with Gasteiger partial charge in [0.25, 0.3) is 0 Å². The third-order valence-corrected chi connectivity index (χ3v) is 11.1. The molecule has 348 valence electrons. The Morgan fingerprint density at radius 2 is 1.41 bits per heavy atom. The van der Waals surface area contributed by atoms with E-state index in [0.717, 1.165) is 0 Å². The summed E-state index contributed by atoms with van der Waals surface area (Å²) in [6.07, 6.45) is -5.15. The summed E-state index contributed by atoms with van der Waals surface area (Å²) >= 11 is 4.06. The lowest BCUT2D eigenvalue weighted by Gasteiger charge is -2.41. The van der Waals surface area contributed by atoms with Crippen LogP contribution < -0.4 is 15.4 Å². The summed E-state index contributed by atoms with van der Waals surface area (Å²) in [5, 5.41) is 49.5. The number of hydrogen-bond acceptors (Lipinski definition) is 18. The van der Waals surface area contributed by atoms with Crippen LogP contribution in [0.15, 0.2) is 18.2 Å². The predicted molar refractivity (Wildman–Crippen MR) is 224 cm³/mol. The molecule has 63 heavy (non-hydrogen) atoms. The highest BCUT2D eigenvalue weighted by molar-refractivity contribution is 7.80. The fraction of sp³-hybridized carbons (Fsp3) is 0.605. The lowest BCUT2D eigenvalue weighted by molar-refractivity contribution is -0.245. The average Bonchev–Trinajstić information content (AvgIpc) is 3.27. The number of aliphatic hydroxyl groups is 2. The van der Waals surface area contributed by atoms with E-state index in [1.54, 1.807) is 6.92 Å². The number of benzene rings is 2. The number of fused-ring (bicyclic) bond motifs is 3. The van der Waals surface area contributed by atoms with Gasteiger partial charge in [0.2, 0.25) is 17.6 Å². The molecule has 2 unspecified atom stereocenters. The van der Waals surface area contributed by atoms with Gasteiger partial charge in [-0.2, -0.15) is 12.6 Å². The topological polar surface area (TPSA) is 264 Å². The molecule has 2 aliphatic carbocycles. The Bertz CT molecular complexity index is 1910. The molecule has 0 aromatic heterocycles. The van der Waals surface area contributed by atoms with E-state index in [0.29, 0.717) is 65.2 Å². The Morgan fingerprint density at radius 3 is 2.03 bits per heavy atom. The smallest absolute Gasteiger partial charge is 0.220 e. The monoisotopic (exact) mass is 906 g/mol. The van der Waals surface area contributed by atoms with Gasteiger partial charge in [0.05, 0.1) is 108 Å². The molecule has 1 heterocycles. The average molecular weight is 907 g/mol. The van der Waals surface area contributed by atoms with E-state index in [9.17, 15) is 44.4 Å². The number of ether oxygens (including phenoxy) is 8. The van der Waals surface area contributed by atoms with Crippen LogP contribution >= 0.6 is 12.6 Å². The van der Waals surface area contributed by atoms with Gasteiger partial charge in [-0.3, -0.25) is 24.0 Å². The molecule has 0 saturated carbocycles. The van der Waals surface area contributed by atoms with Gasteiger partial charge >= 0.3 is 0 Å². The third-order valence-electron chi connectivity index (χ3n) is 10.9. The van der Waals surface area contributed by atoms with Crippen molar-refractivity contribution in [2.45, 2.75) is 69.7 Å². The summed E-state index contributed by atoms with van der Waals surface area (Å²) in [6, 6.07) is 3.50. The minimum atomic E-state index is -1.22. The van der Waals surface area contributed by atoms with Crippen molar-refractivity contribution in [2.24, 2.45) is 5.92 Å². The first-order valence-corrected chi connectivity index (χ1v) is 21.6. The zero-order chi connectivity index (χ0) is 45.5. The van der Waals surface area contributed by atoms with E-state index in [1.807, 2.05) is 0 Å². The maximum atomic E-state index is 13.9. The van der Waals surface area contributed by atoms with Gasteiger partial charge in [0, 0.05) is 54.2 Å². The number of rotatable bonds is 26. The number of aromatic hydroxyl groups is 2. The molecule has 0 bridgehead atoms. The van der Waals surface area contributed by atoms with E-state index < -0.39 is 89.1 Å². The van der Waals surface area contributed by atoms with Crippen LogP contribution in [0.5, 0.6) is 17.2 Å². The van der Waals surface area contributed by atoms with Crippen LogP contribution in [-0.4, -0.2) is 166 Å². The van der Waals surface area contributed by atoms with Gasteiger partial charge in [0.1, 0.15) is 30.0 Å². The van der Waals surface area contributed by atoms with Crippen molar-refractivity contribution in [3.05, 3.63) is 51.6 Å². The van der Waals surface area contributed by atoms with Crippen molar-refractivity contribution >= 4 is 41.8 Å². The molecule has 20 heteroatoms. The Balaban J connectivity index is 1.09. The van der Waals surface area contributed by atoms with Crippen molar-refractivity contribution in [2.75, 3.05) is 92.1 Å². The van der Waals surface area contributed by atoms with Crippen molar-refractivity contribution in [3.63, 3.8) is 0 Å². The Hall–Kier alpha value is -4.22. The molecule has 0 spiro atoms. The fourth-order valence-corrected chi connectivity index (χ4v) is 7.87. The Morgan fingerprint density at radius 1 is 0.810 bits per heavy atom. The van der Waals surface area contributed by atoms with Crippen LogP contribution in [0, 0.1) is 5.92 Å². The minimum Gasteiger partial charge on any atom is -0.507 e. The lowest BCUT2D eigenvalue weighted by Crippen LogP contribution is -2.55. The van der Waals surface area contributed by atoms with E-state index in [4.69, 9.17) is 37.9 Å². The molecule has 6 atom stereocenters. The van der Waals surface area contributed by atoms with Crippen LogP contribution in [0.3, 0.4) is 0 Å². The molecule has 19 nitrogen and oxygen atoms in total. The summed E-state index contributed by atoms with van der Waals surface area (Å²) in [7, 11) is 1.33. The van der Waals surface area contributed by atoms with Crippen molar-refractivity contribution in [3.8, 4) is 17.2 Å². The highest BCUT2D eigenvalue weighted by atomic mass is 32.1. The summed E-state index contributed by atoms with van der Waals surface area (Å²) in [5.41, 5.74) is -1.05. The number of ketones is 3. The van der Waals surface area contributed by atoms with Crippen LogP contribution in [0.25, 0.3) is 0 Å². The fourth-order valence-electron chi connectivity index (χ4n) is 7.74. The largest absolute Gasteiger partial charge is 0.507 e. The second kappa shape index (κ2) is 24.7. The molecule has 0 radical (unpaired) electrons. The normalized spacial score (nSPS) is 21.6. The first kappa shape index (κ1) is 49.8. The second-order valence-corrected chi connectivity index (χ2v) is 15.5. The lowest BCUT2D eigenvalue weighted by atomic mass is 9.73. The molecular weight excluding hydrogens is 849 g/mol. The Kier molecular flexibility index (Phi) is 19.5. The van der Waals surface area contributed by atoms with Crippen molar-refractivity contribution in [1.29, 1.82) is 0 Å². The second-order valence-electron chi connectivity index (χ2n) is 15.1. The number of nitrogens with one attached hydrogen (secondary N) is 2. The van der Waals surface area contributed by atoms with Crippen LogP contribution in [-0.2, 0) is 54.0 Å². The van der Waals surface area contributed by atoms with Gasteiger partial charge < -0.3 is 69.0 Å². The van der Waals surface area contributed by atoms with E-state index in [1.165, 1.54) is 25.3 Å². The highest BCUT2D eigenvalue weighted by Crippen LogP contribution is 2.51. The number of methoxy groups -OCH3 is 1. The minimum absolute atomic E-state index is 0.00726. The summed E-state index contributed by atoms with van der Waals surface area (Å²) in [4.78, 5) is 66.0. The van der Waals surface area contributed by atoms with Gasteiger partial charge in [-0.1, -0.05) is 12.1 Å². The maximum absolute atomic E-state index is 13.9. The number of thiol groups is 1. The first-order valence-electron chi connectivity index (χ1n) is 21.0. The van der Waals surface area contributed by atoms with Gasteiger partial charge in [-0.25, -0.2) is 0 Å². The van der Waals surface area contributed by atoms with E-state index >= 15 is 0 Å². The zero-order valence-electron chi connectivity index (χ0n) is 35.5. The summed E-state index contributed by atoms with van der Waals surface area (Å²) < 4.78 is 44.6. The molecule has 2 amide bonds. The number of Topliss-reactive ketones (excluding diaryl/α,β-unsaturated/α-hetero) is 1. The van der Waals surface area contributed by atoms with Crippen LogP contribution in [0.1, 0.15) is 81.7 Å². The molecular formula is C43H58N2O17S. The SMILES string of the molecule is COc1cccc2c1C(=O)c1c(O)c3c(c(O)c1C2=O)CC(C(=O)CO)C[C@@H]3O[C@H]1C[C@H](NC(=O)CCC(=O)NCCOCCOCCOCCOCCOCCS)C(O)[C@H](C)O1. The molecule has 1 saturated heterocycles. The standard InChI is InChI=1S/C43H58N2O17S/c1-24-39(50)28(45-33(49)7-6-32(48)44-8-9-56-10-11-57-12-13-58-14-15-59-16-17-60-18-19-63)22-34(61-24)62-31-21-25(29(47)23-46)20-27-36(31)43(54)38-37(41(27)52)40(51)26-4-3-5-30(55-2)35(26)42(38)53/h3-5,24-25,28,31,34,39,46,50,52,54,63H,6-23H2,1-2H3,(H,44,48)(H,45,49)/t24-,25?,28-,31-,34-,39?/m0/s1. The predicted octanol–water partition coefficient (Wildman–Crippen LogP) is 0.953. The number of phenols is 2. The number of hydrogen-bond donors (Lipinski definition) is 7. The molecule has 5 rings (SSSR count). The van der Waals surface area contributed by atoms with E-state index in [-0.39, 0.29) is 79.2 Å². The molecule has 3 aliphatic rings. The molecule has 1 aliphatic heterocycles. The number of amides is 2. The summed E-state index contributed by atoms with van der Waals surface area (Å²) in [6.45, 7) is 5.17. The number of carbonyl (C=O) groups excluding carboxylic acids is 5. The molecule has 1 fully saturated rings. The number of phenolic OH excluding ortho intramolecular Hbond substituents is 2. The van der Waals surface area contributed by atoms with Gasteiger partial charge in [-0.15, -0.1) is 0 Å². The first-order chi connectivity index (χ1) is 30.4. The van der Waals surface area contributed by atoms with Crippen molar-refractivity contribution < 1.29 is 82.3 Å². The molecule has 2 aromatic carbocycles. The summed E-state index contributed by atoms with van der Waals surface area (Å²) in [5.74, 6) is -4.38. The van der Waals surface area contributed by atoms with Crippen LogP contribution in [0.2, 0.25) is 0 Å². The highest BCUT2D eigenvalue weighted by Gasteiger charge is 2.45. The maximum Gasteiger partial charge on any atom is 0.220 e. The molecule has 2 aromatic rings. The van der Waals surface area contributed by atoms with Crippen molar-refractivity contribution in [1.82, 2.24) is 10.6 Å². The molecule has 6 N–H and O–H groups in total. The third kappa shape index (κ3) is 13.0. The quantitative estimate of drug-likeness (QED) is 0.0336. The van der Waals surface area contributed by atoms with E-state index in [2.05, 4.69) is 23.3 Å². The number of aliphatic hydroxyl groups excluding tert-OH is 2. The Labute approximate surface area is 370 Å². The van der Waals surface area contributed by atoms with Gasteiger partial charge in [-0.05, 0) is 25.8 Å². The number of carbonyl (C=O) groups is 5.